The van der Waals surface area contributed by atoms with Gasteiger partial charge in [0.2, 0.25) is 0 Å². The summed E-state index contributed by atoms with van der Waals surface area (Å²) in [5.74, 6) is -0.272. The molecular weight excluding hydrogens is 338 g/mol. The number of hydrogen-bond donors (Lipinski definition) is 0. The summed E-state index contributed by atoms with van der Waals surface area (Å²) in [5.41, 5.74) is -0.270. The number of carbonyl (C=O) groups is 1. The van der Waals surface area contributed by atoms with E-state index < -0.39 is 0 Å². The Bertz CT molecular complexity index is 465. The Balaban J connectivity index is 1.72. The van der Waals surface area contributed by atoms with Crippen molar-refractivity contribution in [2.75, 3.05) is 0 Å². The van der Waals surface area contributed by atoms with Crippen LogP contribution in [0.15, 0.2) is 0 Å². The molecular formula is C15H20BrNO4. The van der Waals surface area contributed by atoms with E-state index in [0.29, 0.717) is 6.42 Å². The summed E-state index contributed by atoms with van der Waals surface area (Å²) in [6, 6.07) is 2.19. The summed E-state index contributed by atoms with van der Waals surface area (Å²) in [6.45, 7) is 1.43. The predicted molar refractivity (Wildman–Crippen MR) is 77.8 cm³/mol. The Morgan fingerprint density at radius 2 is 2.29 bits per heavy atom. The highest BCUT2D eigenvalue weighted by Crippen LogP contribution is 2.51. The van der Waals surface area contributed by atoms with E-state index in [0.717, 1.165) is 32.1 Å². The number of carbonyl (C=O) groups excluding carboxylic acids is 1. The van der Waals surface area contributed by atoms with Crippen LogP contribution in [-0.4, -0.2) is 40.8 Å². The van der Waals surface area contributed by atoms with Crippen LogP contribution in [0.5, 0.6) is 0 Å². The fourth-order valence-electron chi connectivity index (χ4n) is 3.94. The van der Waals surface area contributed by atoms with Gasteiger partial charge in [-0.25, -0.2) is 0 Å². The number of hydrogen-bond acceptors (Lipinski definition) is 5. The number of nitrogens with zero attached hydrogens (tertiary/aromatic N) is 1. The van der Waals surface area contributed by atoms with Crippen molar-refractivity contribution >= 4 is 21.9 Å². The highest BCUT2D eigenvalue weighted by Gasteiger charge is 2.60. The van der Waals surface area contributed by atoms with Gasteiger partial charge in [0.15, 0.2) is 0 Å². The Labute approximate surface area is 133 Å². The lowest BCUT2D eigenvalue weighted by Gasteiger charge is -2.45. The summed E-state index contributed by atoms with van der Waals surface area (Å²) in [5, 5.41) is 8.73. The van der Waals surface area contributed by atoms with Gasteiger partial charge in [0.1, 0.15) is 6.10 Å². The third kappa shape index (κ3) is 2.84. The van der Waals surface area contributed by atoms with Crippen LogP contribution in [0.2, 0.25) is 0 Å². The van der Waals surface area contributed by atoms with Crippen molar-refractivity contribution in [3.8, 4) is 6.07 Å². The second-order valence-corrected chi connectivity index (χ2v) is 7.42. The first kappa shape index (κ1) is 15.3. The van der Waals surface area contributed by atoms with E-state index in [9.17, 15) is 4.79 Å². The maximum Gasteiger partial charge on any atom is 0.303 e. The number of rotatable bonds is 3. The standard InChI is InChI=1S/C15H20BrNO4/c1-9(18)19-14-11(16)7-15-8-12(14)20-13(15)5-4-10(21-15)3-2-6-17/h10-14H,2-5,7-8H2,1H3/t10?,11-,12?,13?,14+,15-/m0/s1. The average molecular weight is 358 g/mol. The van der Waals surface area contributed by atoms with Crippen LogP contribution in [0.25, 0.3) is 0 Å². The maximum atomic E-state index is 11.3. The van der Waals surface area contributed by atoms with Crippen molar-refractivity contribution in [3.63, 3.8) is 0 Å². The summed E-state index contributed by atoms with van der Waals surface area (Å²) < 4.78 is 17.9. The Hall–Kier alpha value is -0.640. The molecule has 2 saturated heterocycles. The number of esters is 1. The third-order valence-corrected chi connectivity index (χ3v) is 5.61. The first-order chi connectivity index (χ1) is 10.0. The molecule has 0 aromatic carbocycles. The molecule has 1 saturated carbocycles. The number of nitriles is 1. The largest absolute Gasteiger partial charge is 0.459 e. The van der Waals surface area contributed by atoms with Crippen molar-refractivity contribution in [2.24, 2.45) is 0 Å². The van der Waals surface area contributed by atoms with Gasteiger partial charge in [-0.1, -0.05) is 15.9 Å². The molecule has 6 atom stereocenters. The first-order valence-electron chi connectivity index (χ1n) is 7.55. The second kappa shape index (κ2) is 5.86. The molecule has 1 spiro atoms. The smallest absolute Gasteiger partial charge is 0.303 e. The van der Waals surface area contributed by atoms with Crippen LogP contribution in [0.3, 0.4) is 0 Å². The van der Waals surface area contributed by atoms with Gasteiger partial charge < -0.3 is 14.2 Å². The van der Waals surface area contributed by atoms with Gasteiger partial charge in [-0.3, -0.25) is 4.79 Å². The van der Waals surface area contributed by atoms with Crippen LogP contribution in [-0.2, 0) is 19.0 Å². The lowest BCUT2D eigenvalue weighted by Crippen LogP contribution is -2.53. The predicted octanol–water partition coefficient (Wildman–Crippen LogP) is 2.46. The molecule has 3 unspecified atom stereocenters. The molecule has 3 fully saturated rings. The van der Waals surface area contributed by atoms with Gasteiger partial charge in [0.25, 0.3) is 0 Å². The van der Waals surface area contributed by atoms with E-state index in [1.807, 2.05) is 0 Å². The molecule has 6 heteroatoms. The molecule has 0 aromatic heterocycles. The van der Waals surface area contributed by atoms with Crippen LogP contribution < -0.4 is 0 Å². The molecule has 0 aromatic rings. The van der Waals surface area contributed by atoms with Crippen molar-refractivity contribution < 1.29 is 19.0 Å². The zero-order chi connectivity index (χ0) is 15.0. The number of fused-ring (bicyclic) bond motifs is 1. The Morgan fingerprint density at radius 3 is 3.00 bits per heavy atom. The molecule has 5 nitrogen and oxygen atoms in total. The summed E-state index contributed by atoms with van der Waals surface area (Å²) in [6.07, 6.45) is 4.68. The van der Waals surface area contributed by atoms with Gasteiger partial charge >= 0.3 is 5.97 Å². The first-order valence-corrected chi connectivity index (χ1v) is 8.47. The molecule has 21 heavy (non-hydrogen) atoms. The molecule has 116 valence electrons. The quantitative estimate of drug-likeness (QED) is 0.573. The van der Waals surface area contributed by atoms with Crippen molar-refractivity contribution in [2.45, 2.75) is 80.3 Å². The molecule has 2 heterocycles. The number of ether oxygens (including phenoxy) is 3. The van der Waals surface area contributed by atoms with Crippen molar-refractivity contribution in [1.82, 2.24) is 0 Å². The number of halogens is 1. The fraction of sp³-hybridized carbons (Fsp3) is 0.867. The molecule has 0 radical (unpaired) electrons. The van der Waals surface area contributed by atoms with Crippen molar-refractivity contribution in [1.29, 1.82) is 5.26 Å². The van der Waals surface area contributed by atoms with E-state index in [-0.39, 0.29) is 40.8 Å². The van der Waals surface area contributed by atoms with Gasteiger partial charge in [0.05, 0.1) is 34.8 Å². The molecule has 0 amide bonds. The van der Waals surface area contributed by atoms with Crippen LogP contribution in [0.4, 0.5) is 0 Å². The monoisotopic (exact) mass is 357 g/mol. The highest BCUT2D eigenvalue weighted by molar-refractivity contribution is 9.09. The SMILES string of the molecule is CC(=O)O[C@H]1C2C[C@]3(C[C@@H]1Br)OC(CCC#N)CCC3O2. The summed E-state index contributed by atoms with van der Waals surface area (Å²) >= 11 is 3.64. The topological polar surface area (TPSA) is 68.5 Å². The molecule has 3 rings (SSSR count). The minimum atomic E-state index is -0.272. The zero-order valence-electron chi connectivity index (χ0n) is 12.1. The van der Waals surface area contributed by atoms with E-state index in [1.54, 1.807) is 0 Å². The Morgan fingerprint density at radius 1 is 1.48 bits per heavy atom. The van der Waals surface area contributed by atoms with E-state index in [4.69, 9.17) is 19.5 Å². The molecule has 0 N–H and O–H groups in total. The molecule has 2 bridgehead atoms. The van der Waals surface area contributed by atoms with E-state index in [2.05, 4.69) is 22.0 Å². The minimum absolute atomic E-state index is 0.0554. The van der Waals surface area contributed by atoms with Gasteiger partial charge in [-0.2, -0.15) is 5.26 Å². The summed E-state index contributed by atoms with van der Waals surface area (Å²) in [7, 11) is 0. The maximum absolute atomic E-state index is 11.3. The normalized spacial score (nSPS) is 44.7. The molecule has 2 aliphatic heterocycles. The van der Waals surface area contributed by atoms with Crippen LogP contribution >= 0.6 is 15.9 Å². The second-order valence-electron chi connectivity index (χ2n) is 6.24. The van der Waals surface area contributed by atoms with Crippen molar-refractivity contribution in [3.05, 3.63) is 0 Å². The van der Waals surface area contributed by atoms with Gasteiger partial charge in [0, 0.05) is 19.8 Å². The third-order valence-electron chi connectivity index (χ3n) is 4.77. The summed E-state index contributed by atoms with van der Waals surface area (Å²) in [4.78, 5) is 11.3. The van der Waals surface area contributed by atoms with Gasteiger partial charge in [-0.05, 0) is 25.7 Å². The van der Waals surface area contributed by atoms with Crippen LogP contribution in [0, 0.1) is 11.3 Å². The fourth-order valence-corrected chi connectivity index (χ4v) is 4.94. The Kier molecular flexibility index (Phi) is 4.26. The highest BCUT2D eigenvalue weighted by atomic mass is 79.9. The molecule has 3 aliphatic rings. The van der Waals surface area contributed by atoms with E-state index in [1.165, 1.54) is 6.92 Å². The number of alkyl halides is 1. The average Bonchev–Trinajstić information content (AvgIpc) is 2.74. The lowest BCUT2D eigenvalue weighted by atomic mass is 9.77. The zero-order valence-corrected chi connectivity index (χ0v) is 13.7. The van der Waals surface area contributed by atoms with E-state index >= 15 is 0 Å². The van der Waals surface area contributed by atoms with Gasteiger partial charge in [-0.15, -0.1) is 0 Å². The minimum Gasteiger partial charge on any atom is -0.459 e. The molecule has 1 aliphatic carbocycles. The lowest BCUT2D eigenvalue weighted by molar-refractivity contribution is -0.166. The van der Waals surface area contributed by atoms with Crippen LogP contribution in [0.1, 0.15) is 45.4 Å².